The van der Waals surface area contributed by atoms with Crippen molar-refractivity contribution >= 4 is 5.97 Å². The van der Waals surface area contributed by atoms with Crippen molar-refractivity contribution in [3.8, 4) is 0 Å². The summed E-state index contributed by atoms with van der Waals surface area (Å²) < 4.78 is 5.47. The monoisotopic (exact) mass is 237 g/mol. The van der Waals surface area contributed by atoms with Crippen molar-refractivity contribution in [2.75, 3.05) is 19.6 Å². The molecule has 2 aliphatic rings. The minimum Gasteiger partial charge on any atom is -0.431 e. The molecule has 1 atom stereocenters. The molecule has 17 heavy (non-hydrogen) atoms. The number of likely N-dealkylation sites (tertiary alicyclic amines) is 1. The Morgan fingerprint density at radius 2 is 2.41 bits per heavy atom. The Morgan fingerprint density at radius 3 is 3.12 bits per heavy atom. The number of esters is 1. The van der Waals surface area contributed by atoms with Gasteiger partial charge in [-0.3, -0.25) is 4.79 Å². The van der Waals surface area contributed by atoms with Crippen LogP contribution in [0.4, 0.5) is 0 Å². The molecule has 0 bridgehead atoms. The minimum absolute atomic E-state index is 0.000969. The normalized spacial score (nSPS) is 25.7. The molecule has 0 aromatic carbocycles. The summed E-state index contributed by atoms with van der Waals surface area (Å²) in [5.41, 5.74) is 0. The largest absolute Gasteiger partial charge is 0.431 e. The lowest BCUT2D eigenvalue weighted by molar-refractivity contribution is -0.146. The molecule has 0 aromatic heterocycles. The maximum atomic E-state index is 12.0. The van der Waals surface area contributed by atoms with Gasteiger partial charge in [0.2, 0.25) is 0 Å². The summed E-state index contributed by atoms with van der Waals surface area (Å²) in [5.74, 6) is 0.998. The van der Waals surface area contributed by atoms with E-state index in [9.17, 15) is 4.79 Å². The first-order valence-electron chi connectivity index (χ1n) is 6.92. The molecule has 1 aliphatic heterocycles. The van der Waals surface area contributed by atoms with Gasteiger partial charge in [-0.1, -0.05) is 6.92 Å². The van der Waals surface area contributed by atoms with E-state index in [0.717, 1.165) is 63.9 Å². The Balaban J connectivity index is 1.81. The van der Waals surface area contributed by atoms with Crippen LogP contribution >= 0.6 is 0 Å². The number of carbonyl (C=O) groups is 1. The Labute approximate surface area is 104 Å². The second kappa shape index (κ2) is 6.20. The molecule has 1 aliphatic carbocycles. The molecule has 1 heterocycles. The van der Waals surface area contributed by atoms with Crippen LogP contribution in [0.1, 0.15) is 45.4 Å². The van der Waals surface area contributed by atoms with Crippen molar-refractivity contribution in [2.24, 2.45) is 5.92 Å². The molecule has 0 saturated carbocycles. The fourth-order valence-electron chi connectivity index (χ4n) is 2.71. The van der Waals surface area contributed by atoms with E-state index in [4.69, 9.17) is 4.74 Å². The zero-order valence-electron chi connectivity index (χ0n) is 10.8. The predicted molar refractivity (Wildman–Crippen MR) is 67.5 cm³/mol. The maximum Gasteiger partial charge on any atom is 0.315 e. The fourth-order valence-corrected chi connectivity index (χ4v) is 2.71. The van der Waals surface area contributed by atoms with Crippen molar-refractivity contribution in [3.05, 3.63) is 11.8 Å². The number of hydrogen-bond donors (Lipinski definition) is 0. The zero-order chi connectivity index (χ0) is 12.1. The van der Waals surface area contributed by atoms with Gasteiger partial charge in [-0.2, -0.15) is 0 Å². The maximum absolute atomic E-state index is 12.0. The third-order valence-corrected chi connectivity index (χ3v) is 3.61. The number of carbonyl (C=O) groups excluding carboxylic acids is 1. The van der Waals surface area contributed by atoms with Crippen LogP contribution < -0.4 is 0 Å². The lowest BCUT2D eigenvalue weighted by Crippen LogP contribution is -2.39. The Bertz CT molecular complexity index is 297. The molecule has 0 N–H and O–H groups in total. The summed E-state index contributed by atoms with van der Waals surface area (Å²) >= 11 is 0. The first-order valence-corrected chi connectivity index (χ1v) is 6.92. The van der Waals surface area contributed by atoms with E-state index in [1.165, 1.54) is 0 Å². The summed E-state index contributed by atoms with van der Waals surface area (Å²) in [7, 11) is 0. The van der Waals surface area contributed by atoms with Crippen LogP contribution in [-0.2, 0) is 9.53 Å². The Hall–Kier alpha value is -0.830. The molecule has 3 heteroatoms. The Kier molecular flexibility index (Phi) is 4.60. The van der Waals surface area contributed by atoms with Crippen LogP contribution in [0.15, 0.2) is 11.8 Å². The van der Waals surface area contributed by atoms with Gasteiger partial charge < -0.3 is 9.64 Å². The van der Waals surface area contributed by atoms with Crippen LogP contribution in [0.3, 0.4) is 0 Å². The number of rotatable bonds is 4. The summed E-state index contributed by atoms with van der Waals surface area (Å²) in [6.45, 7) is 5.32. The molecule has 1 fully saturated rings. The number of hydrogen-bond acceptors (Lipinski definition) is 3. The highest BCUT2D eigenvalue weighted by Crippen LogP contribution is 2.23. The van der Waals surface area contributed by atoms with Crippen LogP contribution in [0.5, 0.6) is 0 Å². The summed E-state index contributed by atoms with van der Waals surface area (Å²) in [6, 6.07) is 0. The number of ether oxygens (including phenoxy) is 1. The van der Waals surface area contributed by atoms with Gasteiger partial charge in [0.1, 0.15) is 5.76 Å². The van der Waals surface area contributed by atoms with Gasteiger partial charge in [-0.25, -0.2) is 0 Å². The molecule has 1 saturated heterocycles. The van der Waals surface area contributed by atoms with Gasteiger partial charge in [0.15, 0.2) is 0 Å². The smallest absolute Gasteiger partial charge is 0.315 e. The molecular weight excluding hydrogens is 214 g/mol. The first kappa shape index (κ1) is 12.6. The molecule has 0 amide bonds. The topological polar surface area (TPSA) is 29.5 Å². The number of nitrogens with zero attached hydrogens (tertiary/aromatic N) is 1. The van der Waals surface area contributed by atoms with Crippen LogP contribution in [0.2, 0.25) is 0 Å². The van der Waals surface area contributed by atoms with Crippen molar-refractivity contribution in [1.29, 1.82) is 0 Å². The lowest BCUT2D eigenvalue weighted by atomic mass is 9.98. The van der Waals surface area contributed by atoms with Gasteiger partial charge in [0.05, 0.1) is 5.92 Å². The van der Waals surface area contributed by atoms with Gasteiger partial charge >= 0.3 is 5.97 Å². The second-order valence-corrected chi connectivity index (χ2v) is 5.12. The summed E-state index contributed by atoms with van der Waals surface area (Å²) in [6.07, 6.45) is 8.48. The predicted octanol–water partition coefficient (Wildman–Crippen LogP) is 2.72. The SMILES string of the molecule is CCCN1CCCC(C(=O)OC2=CCCC2)C1. The second-order valence-electron chi connectivity index (χ2n) is 5.12. The van der Waals surface area contributed by atoms with Gasteiger partial charge in [-0.05, 0) is 51.3 Å². The molecule has 2 rings (SSSR count). The highest BCUT2D eigenvalue weighted by atomic mass is 16.5. The van der Waals surface area contributed by atoms with E-state index in [-0.39, 0.29) is 11.9 Å². The summed E-state index contributed by atoms with van der Waals surface area (Å²) in [5, 5.41) is 0. The highest BCUT2D eigenvalue weighted by Gasteiger charge is 2.27. The van der Waals surface area contributed by atoms with Gasteiger partial charge in [-0.15, -0.1) is 0 Å². The van der Waals surface area contributed by atoms with Crippen molar-refractivity contribution in [2.45, 2.75) is 45.4 Å². The van der Waals surface area contributed by atoms with Gasteiger partial charge in [0, 0.05) is 13.0 Å². The molecule has 0 spiro atoms. The Morgan fingerprint density at radius 1 is 1.53 bits per heavy atom. The fraction of sp³-hybridized carbons (Fsp3) is 0.786. The van der Waals surface area contributed by atoms with E-state index in [1.54, 1.807) is 0 Å². The lowest BCUT2D eigenvalue weighted by Gasteiger charge is -2.31. The van der Waals surface area contributed by atoms with E-state index in [2.05, 4.69) is 17.9 Å². The van der Waals surface area contributed by atoms with Crippen molar-refractivity contribution in [3.63, 3.8) is 0 Å². The zero-order valence-corrected chi connectivity index (χ0v) is 10.8. The van der Waals surface area contributed by atoms with E-state index >= 15 is 0 Å². The minimum atomic E-state index is -0.000969. The molecule has 0 radical (unpaired) electrons. The average Bonchev–Trinajstić information content (AvgIpc) is 2.83. The van der Waals surface area contributed by atoms with E-state index < -0.39 is 0 Å². The van der Waals surface area contributed by atoms with Crippen LogP contribution in [0.25, 0.3) is 0 Å². The van der Waals surface area contributed by atoms with Gasteiger partial charge in [0.25, 0.3) is 0 Å². The first-order chi connectivity index (χ1) is 8.29. The third-order valence-electron chi connectivity index (χ3n) is 3.61. The van der Waals surface area contributed by atoms with E-state index in [1.807, 2.05) is 0 Å². The number of piperidine rings is 1. The standard InChI is InChI=1S/C14H23NO2/c1-2-9-15-10-5-6-12(11-15)14(16)17-13-7-3-4-8-13/h7,12H,2-6,8-11H2,1H3. The quantitative estimate of drug-likeness (QED) is 0.704. The van der Waals surface area contributed by atoms with E-state index in [0.29, 0.717) is 0 Å². The van der Waals surface area contributed by atoms with Crippen molar-refractivity contribution in [1.82, 2.24) is 4.90 Å². The molecular formula is C14H23NO2. The van der Waals surface area contributed by atoms with Crippen LogP contribution in [0, 0.1) is 5.92 Å². The third kappa shape index (κ3) is 3.56. The highest BCUT2D eigenvalue weighted by molar-refractivity contribution is 5.74. The average molecular weight is 237 g/mol. The molecule has 96 valence electrons. The molecule has 3 nitrogen and oxygen atoms in total. The van der Waals surface area contributed by atoms with Crippen LogP contribution in [-0.4, -0.2) is 30.5 Å². The molecule has 1 unspecified atom stereocenters. The summed E-state index contributed by atoms with van der Waals surface area (Å²) in [4.78, 5) is 14.4. The van der Waals surface area contributed by atoms with Crippen molar-refractivity contribution < 1.29 is 9.53 Å². The number of allylic oxidation sites excluding steroid dienone is 2. The molecule has 0 aromatic rings.